The van der Waals surface area contributed by atoms with Gasteiger partial charge in [0.1, 0.15) is 0 Å². The molecule has 0 atom stereocenters. The first-order chi connectivity index (χ1) is 4.61. The fourth-order valence-electron chi connectivity index (χ4n) is 0.556. The third-order valence-corrected chi connectivity index (χ3v) is 3.67. The highest BCUT2D eigenvalue weighted by Crippen LogP contribution is 2.25. The van der Waals surface area contributed by atoms with Crippen molar-refractivity contribution < 1.29 is 0 Å². The van der Waals surface area contributed by atoms with E-state index in [1.807, 2.05) is 25.9 Å². The topological polar surface area (TPSA) is 16.1 Å². The predicted octanol–water partition coefficient (Wildman–Crippen LogP) is 2.12. The normalized spacial score (nSPS) is 10.0. The number of hydrogen-bond acceptors (Lipinski definition) is 3. The highest BCUT2D eigenvalue weighted by molar-refractivity contribution is 14.1. The Morgan fingerprint density at radius 1 is 1.50 bits per heavy atom. The van der Waals surface area contributed by atoms with Crippen LogP contribution in [-0.4, -0.2) is 19.1 Å². The summed E-state index contributed by atoms with van der Waals surface area (Å²) < 4.78 is 1.28. The van der Waals surface area contributed by atoms with Crippen molar-refractivity contribution in [2.45, 2.75) is 6.92 Å². The predicted molar refractivity (Wildman–Crippen MR) is 53.9 cm³/mol. The van der Waals surface area contributed by atoms with Gasteiger partial charge in [-0.25, -0.2) is 4.98 Å². The zero-order chi connectivity index (χ0) is 7.72. The largest absolute Gasteiger partial charge is 0.354 e. The molecule has 0 amide bonds. The van der Waals surface area contributed by atoms with E-state index in [0.29, 0.717) is 0 Å². The zero-order valence-electron chi connectivity index (χ0n) is 6.18. The second kappa shape index (κ2) is 3.04. The Labute approximate surface area is 78.4 Å². The van der Waals surface area contributed by atoms with E-state index in [0.717, 1.165) is 10.8 Å². The van der Waals surface area contributed by atoms with Crippen LogP contribution in [0.3, 0.4) is 0 Å². The van der Waals surface area contributed by atoms with Gasteiger partial charge in [0.15, 0.2) is 5.13 Å². The van der Waals surface area contributed by atoms with Gasteiger partial charge in [-0.15, -0.1) is 0 Å². The average molecular weight is 268 g/mol. The van der Waals surface area contributed by atoms with Crippen molar-refractivity contribution in [1.82, 2.24) is 4.98 Å². The van der Waals surface area contributed by atoms with Gasteiger partial charge in [0.05, 0.1) is 8.58 Å². The van der Waals surface area contributed by atoms with E-state index in [1.165, 1.54) is 2.88 Å². The fourth-order valence-corrected chi connectivity index (χ4v) is 1.99. The number of aromatic nitrogens is 1. The van der Waals surface area contributed by atoms with Gasteiger partial charge >= 0.3 is 0 Å². The minimum atomic E-state index is 1.09. The molecule has 2 nitrogen and oxygen atoms in total. The molecule has 56 valence electrons. The molecular formula is C6H9IN2S. The van der Waals surface area contributed by atoms with Gasteiger partial charge in [0.25, 0.3) is 0 Å². The van der Waals surface area contributed by atoms with Crippen LogP contribution in [0.15, 0.2) is 0 Å². The smallest absolute Gasteiger partial charge is 0.186 e. The van der Waals surface area contributed by atoms with Gasteiger partial charge in [-0.3, -0.25) is 0 Å². The standard InChI is InChI=1S/C6H9IN2S/c1-4-5(7)10-6(8-4)9(2)3/h1-3H3. The lowest BCUT2D eigenvalue weighted by Crippen LogP contribution is -2.07. The minimum Gasteiger partial charge on any atom is -0.354 e. The molecular weight excluding hydrogens is 259 g/mol. The number of hydrogen-bond donors (Lipinski definition) is 0. The lowest BCUT2D eigenvalue weighted by atomic mass is 10.6. The molecule has 0 N–H and O–H groups in total. The van der Waals surface area contributed by atoms with Crippen LogP contribution < -0.4 is 4.90 Å². The third kappa shape index (κ3) is 1.60. The minimum absolute atomic E-state index is 1.09. The Morgan fingerprint density at radius 3 is 2.30 bits per heavy atom. The van der Waals surface area contributed by atoms with E-state index in [1.54, 1.807) is 11.3 Å². The van der Waals surface area contributed by atoms with E-state index in [4.69, 9.17) is 0 Å². The van der Waals surface area contributed by atoms with Crippen LogP contribution in [0, 0.1) is 9.81 Å². The number of nitrogens with zero attached hydrogens (tertiary/aromatic N) is 2. The molecule has 0 aromatic carbocycles. The van der Waals surface area contributed by atoms with Gasteiger partial charge < -0.3 is 4.90 Å². The molecule has 1 heterocycles. The molecule has 0 saturated carbocycles. The summed E-state index contributed by atoms with van der Waals surface area (Å²) in [6, 6.07) is 0. The number of aryl methyl sites for hydroxylation is 1. The SMILES string of the molecule is Cc1nc(N(C)C)sc1I. The molecule has 0 bridgehead atoms. The van der Waals surface area contributed by atoms with E-state index < -0.39 is 0 Å². The maximum absolute atomic E-state index is 4.35. The summed E-state index contributed by atoms with van der Waals surface area (Å²) in [6.07, 6.45) is 0. The van der Waals surface area contributed by atoms with Crippen molar-refractivity contribution >= 4 is 39.1 Å². The van der Waals surface area contributed by atoms with Gasteiger partial charge in [0, 0.05) is 14.1 Å². The molecule has 1 aromatic heterocycles. The molecule has 0 spiro atoms. The van der Waals surface area contributed by atoms with Crippen molar-refractivity contribution in [1.29, 1.82) is 0 Å². The van der Waals surface area contributed by atoms with Crippen LogP contribution in [0.4, 0.5) is 5.13 Å². The molecule has 0 unspecified atom stereocenters. The van der Waals surface area contributed by atoms with Crippen molar-refractivity contribution in [2.24, 2.45) is 0 Å². The first-order valence-electron chi connectivity index (χ1n) is 2.91. The Bertz CT molecular complexity index is 212. The van der Waals surface area contributed by atoms with Crippen LogP contribution in [0.1, 0.15) is 5.69 Å². The molecule has 0 saturated heterocycles. The second-order valence-corrected chi connectivity index (χ2v) is 5.04. The molecule has 0 fully saturated rings. The fraction of sp³-hybridized carbons (Fsp3) is 0.500. The molecule has 10 heavy (non-hydrogen) atoms. The maximum atomic E-state index is 4.35. The quantitative estimate of drug-likeness (QED) is 0.725. The van der Waals surface area contributed by atoms with Crippen molar-refractivity contribution in [3.05, 3.63) is 8.58 Å². The molecule has 1 rings (SSSR count). The summed E-state index contributed by atoms with van der Waals surface area (Å²) in [4.78, 5) is 6.37. The highest BCUT2D eigenvalue weighted by atomic mass is 127. The number of thiazole rings is 1. The average Bonchev–Trinajstić information content (AvgIpc) is 2.13. The summed E-state index contributed by atoms with van der Waals surface area (Å²) in [5.74, 6) is 0. The molecule has 0 radical (unpaired) electrons. The Balaban J connectivity index is 2.98. The van der Waals surface area contributed by atoms with Gasteiger partial charge in [0.2, 0.25) is 0 Å². The number of anilines is 1. The summed E-state index contributed by atoms with van der Waals surface area (Å²) in [6.45, 7) is 2.03. The third-order valence-electron chi connectivity index (χ3n) is 1.11. The Kier molecular flexibility index (Phi) is 2.51. The van der Waals surface area contributed by atoms with Crippen LogP contribution in [0.5, 0.6) is 0 Å². The van der Waals surface area contributed by atoms with Crippen LogP contribution in [-0.2, 0) is 0 Å². The number of rotatable bonds is 1. The Hall–Kier alpha value is 0.160. The van der Waals surface area contributed by atoms with E-state index in [2.05, 4.69) is 27.6 Å². The second-order valence-electron chi connectivity index (χ2n) is 2.25. The summed E-state index contributed by atoms with van der Waals surface area (Å²) in [7, 11) is 4.02. The van der Waals surface area contributed by atoms with E-state index >= 15 is 0 Å². The van der Waals surface area contributed by atoms with Gasteiger partial charge in [-0.1, -0.05) is 11.3 Å². The van der Waals surface area contributed by atoms with Crippen molar-refractivity contribution in [2.75, 3.05) is 19.0 Å². The maximum Gasteiger partial charge on any atom is 0.186 e. The number of halogens is 1. The van der Waals surface area contributed by atoms with Crippen LogP contribution in [0.25, 0.3) is 0 Å². The van der Waals surface area contributed by atoms with E-state index in [-0.39, 0.29) is 0 Å². The van der Waals surface area contributed by atoms with Crippen LogP contribution in [0.2, 0.25) is 0 Å². The Morgan fingerprint density at radius 2 is 2.10 bits per heavy atom. The van der Waals surface area contributed by atoms with Crippen molar-refractivity contribution in [3.63, 3.8) is 0 Å². The summed E-state index contributed by atoms with van der Waals surface area (Å²) >= 11 is 4.03. The first-order valence-corrected chi connectivity index (χ1v) is 4.81. The van der Waals surface area contributed by atoms with Gasteiger partial charge in [-0.2, -0.15) is 0 Å². The lowest BCUT2D eigenvalue weighted by Gasteiger charge is -2.04. The van der Waals surface area contributed by atoms with Crippen molar-refractivity contribution in [3.8, 4) is 0 Å². The zero-order valence-corrected chi connectivity index (χ0v) is 9.15. The molecule has 0 aliphatic rings. The highest BCUT2D eigenvalue weighted by Gasteiger charge is 2.04. The van der Waals surface area contributed by atoms with Crippen LogP contribution >= 0.6 is 33.9 Å². The molecule has 0 aliphatic carbocycles. The molecule has 1 aromatic rings. The van der Waals surface area contributed by atoms with E-state index in [9.17, 15) is 0 Å². The molecule has 4 heteroatoms. The summed E-state index contributed by atoms with van der Waals surface area (Å²) in [5.41, 5.74) is 1.13. The molecule has 0 aliphatic heterocycles. The van der Waals surface area contributed by atoms with Gasteiger partial charge in [-0.05, 0) is 29.5 Å². The summed E-state index contributed by atoms with van der Waals surface area (Å²) in [5, 5.41) is 1.09. The first kappa shape index (κ1) is 8.26. The monoisotopic (exact) mass is 268 g/mol. The lowest BCUT2D eigenvalue weighted by molar-refractivity contribution is 1.08.